The van der Waals surface area contributed by atoms with Crippen LogP contribution in [0.1, 0.15) is 5.56 Å². The molecule has 1 aromatic rings. The Hall–Kier alpha value is -0.990. The van der Waals surface area contributed by atoms with Gasteiger partial charge in [0.1, 0.15) is 0 Å². The molecule has 0 heterocycles. The highest BCUT2D eigenvalue weighted by atomic mass is 127. The molecule has 1 aromatic carbocycles. The van der Waals surface area contributed by atoms with Gasteiger partial charge in [0.15, 0.2) is 23.0 Å². The van der Waals surface area contributed by atoms with Crippen LogP contribution in [0.25, 0.3) is 0 Å². The highest BCUT2D eigenvalue weighted by Gasteiger charge is 2.31. The average molecular weight is 345 g/mol. The van der Waals surface area contributed by atoms with Gasteiger partial charge in [-0.15, -0.1) is 0 Å². The van der Waals surface area contributed by atoms with Gasteiger partial charge in [-0.3, -0.25) is 4.90 Å². The number of halogens is 4. The smallest absolute Gasteiger partial charge is 0.378 e. The summed E-state index contributed by atoms with van der Waals surface area (Å²) in [6, 6.07) is 4.44. The van der Waals surface area contributed by atoms with Crippen LogP contribution in [0.15, 0.2) is 24.3 Å². The van der Waals surface area contributed by atoms with Crippen LogP contribution >= 0.6 is 23.0 Å². The van der Waals surface area contributed by atoms with E-state index in [0.29, 0.717) is 0 Å². The second-order valence-electron chi connectivity index (χ2n) is 2.95. The zero-order valence-electron chi connectivity index (χ0n) is 8.08. The number of alkyl halides is 3. The molecule has 0 bridgehead atoms. The van der Waals surface area contributed by atoms with Gasteiger partial charge in [-0.05, 0) is 18.2 Å². The van der Waals surface area contributed by atoms with Crippen molar-refractivity contribution in [3.05, 3.63) is 29.8 Å². The first-order valence-corrected chi connectivity index (χ1v) is 4.98. The van der Waals surface area contributed by atoms with Gasteiger partial charge in [0.05, 0.1) is 5.56 Å². The molecular formula is C9H7F3INO2. The van der Waals surface area contributed by atoms with E-state index in [4.69, 9.17) is 0 Å². The van der Waals surface area contributed by atoms with E-state index < -0.39 is 17.8 Å². The predicted octanol–water partition coefficient (Wildman–Crippen LogP) is 3.63. The molecule has 0 radical (unpaired) electrons. The monoisotopic (exact) mass is 345 g/mol. The molecule has 7 heteroatoms. The number of carbonyl (C=O) groups excluding carboxylic acids is 1. The van der Waals surface area contributed by atoms with Gasteiger partial charge >= 0.3 is 12.3 Å². The van der Waals surface area contributed by atoms with E-state index in [0.717, 1.165) is 17.0 Å². The molecule has 1 rings (SSSR count). The van der Waals surface area contributed by atoms with Crippen molar-refractivity contribution < 1.29 is 21.0 Å². The Morgan fingerprint density at radius 2 is 2.06 bits per heavy atom. The van der Waals surface area contributed by atoms with Gasteiger partial charge in [-0.2, -0.15) is 13.2 Å². The van der Waals surface area contributed by atoms with Gasteiger partial charge in [0.25, 0.3) is 0 Å². The molecule has 0 aromatic heterocycles. The standard InChI is InChI=1S/C9H7F3INO2/c1-14(8(15)16-13)7-4-2-3-6(5-7)9(10,11)12/h2-5H,1H3. The van der Waals surface area contributed by atoms with Crippen LogP contribution in [-0.4, -0.2) is 13.1 Å². The SMILES string of the molecule is CN(C(=O)OI)c1cccc(C(F)(F)F)c1. The summed E-state index contributed by atoms with van der Waals surface area (Å²) in [5.74, 6) is 0. The molecule has 88 valence electrons. The molecule has 0 aliphatic heterocycles. The van der Waals surface area contributed by atoms with Crippen LogP contribution in [0.4, 0.5) is 23.7 Å². The molecular weight excluding hydrogens is 338 g/mol. The Kier molecular flexibility index (Phi) is 4.00. The van der Waals surface area contributed by atoms with Crippen molar-refractivity contribution in [2.24, 2.45) is 0 Å². The topological polar surface area (TPSA) is 29.5 Å². The highest BCUT2D eigenvalue weighted by molar-refractivity contribution is 14.1. The van der Waals surface area contributed by atoms with Crippen LogP contribution in [0.5, 0.6) is 0 Å². The summed E-state index contributed by atoms with van der Waals surface area (Å²) in [6.45, 7) is 0. The Bertz CT molecular complexity index is 395. The first-order valence-electron chi connectivity index (χ1n) is 4.10. The Morgan fingerprint density at radius 1 is 1.44 bits per heavy atom. The second kappa shape index (κ2) is 4.89. The number of benzene rings is 1. The Labute approximate surface area is 104 Å². The predicted molar refractivity (Wildman–Crippen MR) is 60.3 cm³/mol. The molecule has 0 unspecified atom stereocenters. The van der Waals surface area contributed by atoms with Crippen molar-refractivity contribution in [1.29, 1.82) is 0 Å². The fourth-order valence-corrected chi connectivity index (χ4v) is 1.34. The highest BCUT2D eigenvalue weighted by Crippen LogP contribution is 2.31. The first-order chi connectivity index (χ1) is 7.36. The number of amides is 1. The van der Waals surface area contributed by atoms with Gasteiger partial charge in [0.2, 0.25) is 0 Å². The fourth-order valence-electron chi connectivity index (χ4n) is 1.05. The molecule has 0 saturated heterocycles. The van der Waals surface area contributed by atoms with Crippen molar-refractivity contribution in [2.45, 2.75) is 6.18 Å². The van der Waals surface area contributed by atoms with Gasteiger partial charge in [-0.1, -0.05) is 6.07 Å². The maximum atomic E-state index is 12.4. The summed E-state index contributed by atoms with van der Waals surface area (Å²) >= 11 is 1.37. The van der Waals surface area contributed by atoms with E-state index in [1.54, 1.807) is 0 Å². The minimum absolute atomic E-state index is 0.122. The van der Waals surface area contributed by atoms with E-state index in [-0.39, 0.29) is 5.69 Å². The molecule has 0 fully saturated rings. The van der Waals surface area contributed by atoms with Gasteiger partial charge in [-0.25, -0.2) is 4.79 Å². The lowest BCUT2D eigenvalue weighted by atomic mass is 10.2. The third kappa shape index (κ3) is 3.00. The molecule has 3 nitrogen and oxygen atoms in total. The largest absolute Gasteiger partial charge is 0.423 e. The number of carbonyl (C=O) groups is 1. The molecule has 0 aliphatic carbocycles. The average Bonchev–Trinajstić information content (AvgIpc) is 2.26. The maximum Gasteiger partial charge on any atom is 0.423 e. The third-order valence-electron chi connectivity index (χ3n) is 1.90. The number of hydrogen-bond acceptors (Lipinski definition) is 2. The first kappa shape index (κ1) is 13.1. The van der Waals surface area contributed by atoms with Crippen molar-refractivity contribution in [3.8, 4) is 0 Å². The number of anilines is 1. The normalized spacial score (nSPS) is 11.1. The van der Waals surface area contributed by atoms with Crippen LogP contribution in [0.3, 0.4) is 0 Å². The van der Waals surface area contributed by atoms with E-state index in [2.05, 4.69) is 3.07 Å². The molecule has 0 aliphatic rings. The quantitative estimate of drug-likeness (QED) is 0.728. The summed E-state index contributed by atoms with van der Waals surface area (Å²) in [6.07, 6.45) is -5.16. The summed E-state index contributed by atoms with van der Waals surface area (Å²) in [7, 11) is 1.33. The van der Waals surface area contributed by atoms with Crippen molar-refractivity contribution in [1.82, 2.24) is 0 Å². The molecule has 16 heavy (non-hydrogen) atoms. The maximum absolute atomic E-state index is 12.4. The Morgan fingerprint density at radius 3 is 2.56 bits per heavy atom. The van der Waals surface area contributed by atoms with Gasteiger partial charge in [0, 0.05) is 12.7 Å². The summed E-state index contributed by atoms with van der Waals surface area (Å²) in [5.41, 5.74) is -0.686. The lowest BCUT2D eigenvalue weighted by Gasteiger charge is -2.16. The van der Waals surface area contributed by atoms with E-state index in [1.807, 2.05) is 0 Å². The number of hydrogen-bond donors (Lipinski definition) is 0. The van der Waals surface area contributed by atoms with Crippen LogP contribution in [0, 0.1) is 0 Å². The van der Waals surface area contributed by atoms with Gasteiger partial charge < -0.3 is 3.07 Å². The lowest BCUT2D eigenvalue weighted by Crippen LogP contribution is -2.24. The second-order valence-corrected chi connectivity index (χ2v) is 3.39. The molecule has 0 N–H and O–H groups in total. The zero-order chi connectivity index (χ0) is 12.3. The fraction of sp³-hybridized carbons (Fsp3) is 0.222. The van der Waals surface area contributed by atoms with Crippen molar-refractivity contribution in [3.63, 3.8) is 0 Å². The summed E-state index contributed by atoms with van der Waals surface area (Å²) < 4.78 is 41.5. The molecule has 0 spiro atoms. The van der Waals surface area contributed by atoms with Crippen molar-refractivity contribution >= 4 is 34.8 Å². The molecule has 0 atom stereocenters. The van der Waals surface area contributed by atoms with Crippen molar-refractivity contribution in [2.75, 3.05) is 11.9 Å². The van der Waals surface area contributed by atoms with E-state index in [9.17, 15) is 18.0 Å². The van der Waals surface area contributed by atoms with Crippen LogP contribution in [0.2, 0.25) is 0 Å². The number of rotatable bonds is 1. The van der Waals surface area contributed by atoms with E-state index in [1.165, 1.54) is 42.2 Å². The van der Waals surface area contributed by atoms with E-state index >= 15 is 0 Å². The zero-order valence-corrected chi connectivity index (χ0v) is 10.2. The summed E-state index contributed by atoms with van der Waals surface area (Å²) in [5, 5.41) is 0. The minimum atomic E-state index is -4.43. The third-order valence-corrected chi connectivity index (χ3v) is 2.28. The summed E-state index contributed by atoms with van der Waals surface area (Å²) in [4.78, 5) is 12.1. The Balaban J connectivity index is 3.04. The molecule has 1 amide bonds. The number of nitrogens with zero attached hydrogens (tertiary/aromatic N) is 1. The lowest BCUT2D eigenvalue weighted by molar-refractivity contribution is -0.137. The van der Waals surface area contributed by atoms with Crippen LogP contribution < -0.4 is 4.90 Å². The minimum Gasteiger partial charge on any atom is -0.378 e. The van der Waals surface area contributed by atoms with Crippen LogP contribution in [-0.2, 0) is 9.24 Å². The molecule has 0 saturated carbocycles.